The molecule has 92 valence electrons. The van der Waals surface area contributed by atoms with Crippen LogP contribution in [-0.2, 0) is 6.54 Å². The molecule has 5 heteroatoms. The van der Waals surface area contributed by atoms with Crippen LogP contribution in [0.25, 0.3) is 0 Å². The molecule has 0 aliphatic carbocycles. The quantitative estimate of drug-likeness (QED) is 0.841. The highest BCUT2D eigenvalue weighted by atomic mass is 16.2. The molecule has 1 heterocycles. The SMILES string of the molecule is CCC(CC#N)NC(=O)c1cc(C)nn1CC. The van der Waals surface area contributed by atoms with E-state index < -0.39 is 0 Å². The molecule has 0 fully saturated rings. The maximum absolute atomic E-state index is 12.0. The summed E-state index contributed by atoms with van der Waals surface area (Å²) in [7, 11) is 0. The van der Waals surface area contributed by atoms with Crippen molar-refractivity contribution in [3.8, 4) is 6.07 Å². The van der Waals surface area contributed by atoms with Crippen molar-refractivity contribution in [1.29, 1.82) is 5.26 Å². The number of carbonyl (C=O) groups is 1. The Morgan fingerprint density at radius 3 is 2.88 bits per heavy atom. The van der Waals surface area contributed by atoms with E-state index in [9.17, 15) is 4.79 Å². The summed E-state index contributed by atoms with van der Waals surface area (Å²) < 4.78 is 1.67. The van der Waals surface area contributed by atoms with Gasteiger partial charge in [-0.1, -0.05) is 6.92 Å². The van der Waals surface area contributed by atoms with Crippen LogP contribution in [0.5, 0.6) is 0 Å². The standard InChI is InChI=1S/C12H18N4O/c1-4-10(6-7-13)14-12(17)11-8-9(3)15-16(11)5-2/h8,10H,4-6H2,1-3H3,(H,14,17). The number of nitrogens with one attached hydrogen (secondary N) is 1. The Balaban J connectivity index is 2.78. The first kappa shape index (κ1) is 13.2. The van der Waals surface area contributed by atoms with Crippen molar-refractivity contribution >= 4 is 5.91 Å². The van der Waals surface area contributed by atoms with Gasteiger partial charge >= 0.3 is 0 Å². The molecule has 0 aliphatic heterocycles. The topological polar surface area (TPSA) is 70.7 Å². The van der Waals surface area contributed by atoms with Gasteiger partial charge in [0, 0.05) is 12.6 Å². The van der Waals surface area contributed by atoms with Gasteiger partial charge in [0.2, 0.25) is 0 Å². The largest absolute Gasteiger partial charge is 0.347 e. The zero-order chi connectivity index (χ0) is 12.8. The monoisotopic (exact) mass is 234 g/mol. The predicted octanol–water partition coefficient (Wildman–Crippen LogP) is 1.63. The molecule has 1 amide bonds. The molecule has 1 aromatic rings. The summed E-state index contributed by atoms with van der Waals surface area (Å²) >= 11 is 0. The van der Waals surface area contributed by atoms with Crippen molar-refractivity contribution in [3.63, 3.8) is 0 Å². The Morgan fingerprint density at radius 1 is 1.65 bits per heavy atom. The second-order valence-electron chi connectivity index (χ2n) is 3.93. The molecule has 5 nitrogen and oxygen atoms in total. The Hall–Kier alpha value is -1.83. The molecule has 17 heavy (non-hydrogen) atoms. The van der Waals surface area contributed by atoms with Gasteiger partial charge < -0.3 is 5.32 Å². The number of amides is 1. The molecule has 0 saturated carbocycles. The Kier molecular flexibility index (Phi) is 4.70. The average molecular weight is 234 g/mol. The van der Waals surface area contributed by atoms with Gasteiger partial charge in [-0.3, -0.25) is 9.48 Å². The van der Waals surface area contributed by atoms with Crippen molar-refractivity contribution in [2.75, 3.05) is 0 Å². The van der Waals surface area contributed by atoms with E-state index in [0.717, 1.165) is 12.1 Å². The molecule has 0 aliphatic rings. The van der Waals surface area contributed by atoms with Crippen LogP contribution < -0.4 is 5.32 Å². The Labute approximate surface area is 101 Å². The molecule has 0 bridgehead atoms. The third kappa shape index (κ3) is 3.31. The predicted molar refractivity (Wildman–Crippen MR) is 64.4 cm³/mol. The lowest BCUT2D eigenvalue weighted by molar-refractivity contribution is 0.0926. The van der Waals surface area contributed by atoms with Gasteiger partial charge in [0.25, 0.3) is 5.91 Å². The van der Waals surface area contributed by atoms with E-state index in [1.54, 1.807) is 10.7 Å². The van der Waals surface area contributed by atoms with Crippen LogP contribution in [0.1, 0.15) is 42.9 Å². The van der Waals surface area contributed by atoms with Crippen LogP contribution in [0.4, 0.5) is 0 Å². The first-order valence-corrected chi connectivity index (χ1v) is 5.84. The maximum Gasteiger partial charge on any atom is 0.269 e. The molecule has 0 radical (unpaired) electrons. The van der Waals surface area contributed by atoms with Crippen molar-refractivity contribution in [3.05, 3.63) is 17.5 Å². The Bertz CT molecular complexity index is 430. The number of carbonyl (C=O) groups excluding carboxylic acids is 1. The highest BCUT2D eigenvalue weighted by molar-refractivity contribution is 5.92. The lowest BCUT2D eigenvalue weighted by atomic mass is 10.1. The van der Waals surface area contributed by atoms with Gasteiger partial charge in [-0.15, -0.1) is 0 Å². The fourth-order valence-corrected chi connectivity index (χ4v) is 1.64. The zero-order valence-corrected chi connectivity index (χ0v) is 10.5. The zero-order valence-electron chi connectivity index (χ0n) is 10.5. The number of nitriles is 1. The van der Waals surface area contributed by atoms with Crippen molar-refractivity contribution < 1.29 is 4.79 Å². The molecule has 0 aromatic carbocycles. The second kappa shape index (κ2) is 6.04. The van der Waals surface area contributed by atoms with Gasteiger partial charge in [-0.2, -0.15) is 10.4 Å². The van der Waals surface area contributed by atoms with E-state index in [4.69, 9.17) is 5.26 Å². The summed E-state index contributed by atoms with van der Waals surface area (Å²) in [6.07, 6.45) is 1.08. The number of rotatable bonds is 5. The fourth-order valence-electron chi connectivity index (χ4n) is 1.64. The van der Waals surface area contributed by atoms with Gasteiger partial charge in [-0.05, 0) is 26.3 Å². The van der Waals surface area contributed by atoms with E-state index >= 15 is 0 Å². The lowest BCUT2D eigenvalue weighted by Gasteiger charge is -2.13. The van der Waals surface area contributed by atoms with E-state index in [1.165, 1.54) is 0 Å². The maximum atomic E-state index is 12.0. The van der Waals surface area contributed by atoms with Gasteiger partial charge in [0.15, 0.2) is 0 Å². The van der Waals surface area contributed by atoms with Crippen LogP contribution in [0.15, 0.2) is 6.07 Å². The minimum absolute atomic E-state index is 0.0898. The molecule has 1 N–H and O–H groups in total. The van der Waals surface area contributed by atoms with Crippen molar-refractivity contribution in [2.24, 2.45) is 0 Å². The minimum atomic E-state index is -0.158. The number of aromatic nitrogens is 2. The normalized spacial score (nSPS) is 11.9. The van der Waals surface area contributed by atoms with E-state index in [1.807, 2.05) is 20.8 Å². The average Bonchev–Trinajstić information content (AvgIpc) is 2.69. The summed E-state index contributed by atoms with van der Waals surface area (Å²) in [6.45, 7) is 6.40. The smallest absolute Gasteiger partial charge is 0.269 e. The van der Waals surface area contributed by atoms with Crippen molar-refractivity contribution in [1.82, 2.24) is 15.1 Å². The van der Waals surface area contributed by atoms with Crippen molar-refractivity contribution in [2.45, 2.75) is 46.2 Å². The van der Waals surface area contributed by atoms with Crippen LogP contribution in [0.2, 0.25) is 0 Å². The van der Waals surface area contributed by atoms with Crippen LogP contribution in [-0.4, -0.2) is 21.7 Å². The molecule has 1 rings (SSSR count). The molecule has 0 saturated heterocycles. The molecular weight excluding hydrogens is 216 g/mol. The van der Waals surface area contributed by atoms with Crippen LogP contribution in [0, 0.1) is 18.3 Å². The summed E-state index contributed by atoms with van der Waals surface area (Å²) in [6, 6.07) is 3.74. The molecule has 1 unspecified atom stereocenters. The van der Waals surface area contributed by atoms with E-state index in [2.05, 4.69) is 16.5 Å². The third-order valence-electron chi connectivity index (χ3n) is 2.60. The van der Waals surface area contributed by atoms with Crippen LogP contribution >= 0.6 is 0 Å². The second-order valence-corrected chi connectivity index (χ2v) is 3.93. The minimum Gasteiger partial charge on any atom is -0.347 e. The molecule has 0 spiro atoms. The fraction of sp³-hybridized carbons (Fsp3) is 0.583. The highest BCUT2D eigenvalue weighted by Gasteiger charge is 2.16. The van der Waals surface area contributed by atoms with E-state index in [0.29, 0.717) is 18.7 Å². The Morgan fingerprint density at radius 2 is 2.35 bits per heavy atom. The summed E-state index contributed by atoms with van der Waals surface area (Å²) in [5.74, 6) is -0.158. The lowest BCUT2D eigenvalue weighted by Crippen LogP contribution is -2.35. The van der Waals surface area contributed by atoms with E-state index in [-0.39, 0.29) is 11.9 Å². The number of hydrogen-bond donors (Lipinski definition) is 1. The first-order valence-electron chi connectivity index (χ1n) is 5.84. The first-order chi connectivity index (χ1) is 8.12. The highest BCUT2D eigenvalue weighted by Crippen LogP contribution is 2.05. The van der Waals surface area contributed by atoms with Gasteiger partial charge in [-0.25, -0.2) is 0 Å². The number of aryl methyl sites for hydroxylation is 2. The molecule has 1 atom stereocenters. The summed E-state index contributed by atoms with van der Waals surface area (Å²) in [5, 5.41) is 15.7. The number of hydrogen-bond acceptors (Lipinski definition) is 3. The number of nitrogens with zero attached hydrogens (tertiary/aromatic N) is 3. The summed E-state index contributed by atoms with van der Waals surface area (Å²) in [5.41, 5.74) is 1.38. The molecular formula is C12H18N4O. The van der Waals surface area contributed by atoms with Crippen LogP contribution in [0.3, 0.4) is 0 Å². The third-order valence-corrected chi connectivity index (χ3v) is 2.60. The molecule has 1 aromatic heterocycles. The van der Waals surface area contributed by atoms with Gasteiger partial charge in [0.05, 0.1) is 18.2 Å². The van der Waals surface area contributed by atoms with Gasteiger partial charge in [0.1, 0.15) is 5.69 Å². The summed E-state index contributed by atoms with van der Waals surface area (Å²) in [4.78, 5) is 12.0.